The summed E-state index contributed by atoms with van der Waals surface area (Å²) in [5.41, 5.74) is 4.89. The Morgan fingerprint density at radius 3 is 2.05 bits per heavy atom. The highest BCUT2D eigenvalue weighted by Crippen LogP contribution is 2.34. The average molecular weight is 315 g/mol. The molecule has 0 spiro atoms. The molecule has 3 aromatic rings. The number of halogens is 1. The Labute approximate surface area is 121 Å². The fourth-order valence-corrected chi connectivity index (χ4v) is 3.14. The molecule has 0 amide bonds. The van der Waals surface area contributed by atoms with Gasteiger partial charge < -0.3 is 9.97 Å². The number of rotatable bonds is 3. The van der Waals surface area contributed by atoms with E-state index in [-0.39, 0.29) is 5.92 Å². The standard InChI is InChI=1S/C16H15BrN2/c1-11-6-7-12(13(17)10-11)16(14-4-2-8-18-14)15-5-3-9-19-15/h2-10,16,18-19H,1H3. The van der Waals surface area contributed by atoms with Gasteiger partial charge in [-0.2, -0.15) is 0 Å². The summed E-state index contributed by atoms with van der Waals surface area (Å²) in [7, 11) is 0. The third-order valence-corrected chi connectivity index (χ3v) is 4.02. The van der Waals surface area contributed by atoms with Crippen LogP contribution < -0.4 is 0 Å². The van der Waals surface area contributed by atoms with Crippen LogP contribution in [0.3, 0.4) is 0 Å². The number of aromatic amines is 2. The van der Waals surface area contributed by atoms with E-state index in [1.807, 2.05) is 24.5 Å². The number of aryl methyl sites for hydroxylation is 1. The second-order valence-electron chi connectivity index (χ2n) is 4.71. The zero-order valence-corrected chi connectivity index (χ0v) is 12.2. The minimum absolute atomic E-state index is 0.194. The molecule has 2 heterocycles. The van der Waals surface area contributed by atoms with Crippen molar-refractivity contribution in [3.8, 4) is 0 Å². The van der Waals surface area contributed by atoms with E-state index in [9.17, 15) is 0 Å². The van der Waals surface area contributed by atoms with Gasteiger partial charge in [0.2, 0.25) is 0 Å². The molecule has 0 radical (unpaired) electrons. The van der Waals surface area contributed by atoms with Crippen molar-refractivity contribution in [1.82, 2.24) is 9.97 Å². The van der Waals surface area contributed by atoms with Crippen LogP contribution in [0, 0.1) is 6.92 Å². The SMILES string of the molecule is Cc1ccc(C(c2ccc[nH]2)c2ccc[nH]2)c(Br)c1. The van der Waals surface area contributed by atoms with Gasteiger partial charge >= 0.3 is 0 Å². The maximum absolute atomic E-state index is 3.69. The smallest absolute Gasteiger partial charge is 0.0652 e. The first-order valence-corrected chi connectivity index (χ1v) is 7.07. The maximum atomic E-state index is 3.69. The molecule has 0 aliphatic rings. The molecule has 2 aromatic heterocycles. The van der Waals surface area contributed by atoms with Crippen molar-refractivity contribution in [2.45, 2.75) is 12.8 Å². The summed E-state index contributed by atoms with van der Waals surface area (Å²) in [6.07, 6.45) is 3.93. The molecule has 0 aliphatic carbocycles. The van der Waals surface area contributed by atoms with Crippen LogP contribution in [-0.2, 0) is 0 Å². The highest BCUT2D eigenvalue weighted by Gasteiger charge is 2.20. The fourth-order valence-electron chi connectivity index (χ4n) is 2.42. The molecule has 0 bridgehead atoms. The van der Waals surface area contributed by atoms with Gasteiger partial charge in [0.05, 0.1) is 5.92 Å². The monoisotopic (exact) mass is 314 g/mol. The lowest BCUT2D eigenvalue weighted by Crippen LogP contribution is -2.05. The number of hydrogen-bond donors (Lipinski definition) is 2. The van der Waals surface area contributed by atoms with Gasteiger partial charge in [-0.05, 0) is 48.4 Å². The molecule has 0 saturated carbocycles. The Balaban J connectivity index is 2.14. The number of nitrogens with one attached hydrogen (secondary N) is 2. The quantitative estimate of drug-likeness (QED) is 0.708. The second kappa shape index (κ2) is 5.10. The molecule has 96 valence electrons. The van der Waals surface area contributed by atoms with Gasteiger partial charge in [0.25, 0.3) is 0 Å². The number of hydrogen-bond acceptors (Lipinski definition) is 0. The summed E-state index contributed by atoms with van der Waals surface area (Å²) >= 11 is 3.69. The zero-order valence-electron chi connectivity index (χ0n) is 10.7. The predicted octanol–water partition coefficient (Wildman–Crippen LogP) is 4.59. The Hall–Kier alpha value is -1.74. The highest BCUT2D eigenvalue weighted by molar-refractivity contribution is 9.10. The molecule has 0 atom stereocenters. The molecular formula is C16H15BrN2. The van der Waals surface area contributed by atoms with E-state index >= 15 is 0 Å². The van der Waals surface area contributed by atoms with E-state index in [2.05, 4.69) is 63.2 Å². The number of H-pyrrole nitrogens is 2. The number of benzene rings is 1. The first kappa shape index (κ1) is 12.3. The minimum Gasteiger partial charge on any atom is -0.364 e. The van der Waals surface area contributed by atoms with Crippen LogP contribution in [0.4, 0.5) is 0 Å². The van der Waals surface area contributed by atoms with Gasteiger partial charge in [0, 0.05) is 28.3 Å². The van der Waals surface area contributed by atoms with Crippen LogP contribution in [0.2, 0.25) is 0 Å². The van der Waals surface area contributed by atoms with Crippen LogP contribution in [0.1, 0.15) is 28.4 Å². The van der Waals surface area contributed by atoms with Crippen LogP contribution in [0.25, 0.3) is 0 Å². The first-order valence-electron chi connectivity index (χ1n) is 6.28. The van der Waals surface area contributed by atoms with Crippen molar-refractivity contribution in [3.05, 3.63) is 81.8 Å². The van der Waals surface area contributed by atoms with Crippen molar-refractivity contribution in [3.63, 3.8) is 0 Å². The Bertz CT molecular complexity index is 620. The zero-order chi connectivity index (χ0) is 13.2. The second-order valence-corrected chi connectivity index (χ2v) is 5.56. The summed E-state index contributed by atoms with van der Waals surface area (Å²) in [4.78, 5) is 6.65. The van der Waals surface area contributed by atoms with Crippen molar-refractivity contribution in [1.29, 1.82) is 0 Å². The Kier molecular flexibility index (Phi) is 3.30. The molecule has 0 saturated heterocycles. The summed E-state index contributed by atoms with van der Waals surface area (Å²) in [5, 5.41) is 0. The summed E-state index contributed by atoms with van der Waals surface area (Å²) in [6.45, 7) is 2.10. The van der Waals surface area contributed by atoms with E-state index in [1.54, 1.807) is 0 Å². The van der Waals surface area contributed by atoms with Crippen LogP contribution in [-0.4, -0.2) is 9.97 Å². The molecule has 0 unspecified atom stereocenters. The average Bonchev–Trinajstić information content (AvgIpc) is 3.06. The predicted molar refractivity (Wildman–Crippen MR) is 81.4 cm³/mol. The van der Waals surface area contributed by atoms with Gasteiger partial charge in [-0.1, -0.05) is 28.1 Å². The molecule has 19 heavy (non-hydrogen) atoms. The van der Waals surface area contributed by atoms with Crippen molar-refractivity contribution >= 4 is 15.9 Å². The molecule has 0 fully saturated rings. The molecule has 3 heteroatoms. The lowest BCUT2D eigenvalue weighted by molar-refractivity contribution is 0.892. The van der Waals surface area contributed by atoms with Gasteiger partial charge in [-0.15, -0.1) is 0 Å². The third-order valence-electron chi connectivity index (χ3n) is 3.33. The summed E-state index contributed by atoms with van der Waals surface area (Å²) in [5.74, 6) is 0.194. The molecule has 1 aromatic carbocycles. The largest absolute Gasteiger partial charge is 0.364 e. The Morgan fingerprint density at radius 1 is 0.947 bits per heavy atom. The lowest BCUT2D eigenvalue weighted by atomic mass is 9.92. The third kappa shape index (κ3) is 2.38. The van der Waals surface area contributed by atoms with Crippen LogP contribution in [0.15, 0.2) is 59.3 Å². The molecule has 0 aliphatic heterocycles. The first-order chi connectivity index (χ1) is 9.25. The van der Waals surface area contributed by atoms with Crippen molar-refractivity contribution < 1.29 is 0 Å². The van der Waals surface area contributed by atoms with Gasteiger partial charge in [0.1, 0.15) is 0 Å². The Morgan fingerprint density at radius 2 is 1.58 bits per heavy atom. The minimum atomic E-state index is 0.194. The van der Waals surface area contributed by atoms with Crippen molar-refractivity contribution in [2.24, 2.45) is 0 Å². The molecule has 2 nitrogen and oxygen atoms in total. The van der Waals surface area contributed by atoms with Crippen LogP contribution >= 0.6 is 15.9 Å². The molecular weight excluding hydrogens is 300 g/mol. The maximum Gasteiger partial charge on any atom is 0.0652 e. The lowest BCUT2D eigenvalue weighted by Gasteiger charge is -2.17. The van der Waals surface area contributed by atoms with E-state index < -0.39 is 0 Å². The summed E-state index contributed by atoms with van der Waals surface area (Å²) in [6, 6.07) is 14.8. The molecule has 3 rings (SSSR count). The van der Waals surface area contributed by atoms with E-state index in [0.717, 1.165) is 4.47 Å². The topological polar surface area (TPSA) is 31.6 Å². The summed E-state index contributed by atoms with van der Waals surface area (Å²) < 4.78 is 1.14. The van der Waals surface area contributed by atoms with Gasteiger partial charge in [-0.3, -0.25) is 0 Å². The fraction of sp³-hybridized carbons (Fsp3) is 0.125. The van der Waals surface area contributed by atoms with Gasteiger partial charge in [0.15, 0.2) is 0 Å². The highest BCUT2D eigenvalue weighted by atomic mass is 79.9. The van der Waals surface area contributed by atoms with E-state index in [4.69, 9.17) is 0 Å². The van der Waals surface area contributed by atoms with E-state index in [0.29, 0.717) is 0 Å². The van der Waals surface area contributed by atoms with Crippen molar-refractivity contribution in [2.75, 3.05) is 0 Å². The van der Waals surface area contributed by atoms with Gasteiger partial charge in [-0.25, -0.2) is 0 Å². The molecule has 2 N–H and O–H groups in total. The number of aromatic nitrogens is 2. The normalized spacial score (nSPS) is 11.1. The van der Waals surface area contributed by atoms with E-state index in [1.165, 1.54) is 22.5 Å². The van der Waals surface area contributed by atoms with Crippen LogP contribution in [0.5, 0.6) is 0 Å².